The normalized spacial score (nSPS) is 17.0. The lowest BCUT2D eigenvalue weighted by Gasteiger charge is -2.18. The van der Waals surface area contributed by atoms with Crippen molar-refractivity contribution in [1.29, 1.82) is 0 Å². The van der Waals surface area contributed by atoms with E-state index in [9.17, 15) is 4.79 Å². The summed E-state index contributed by atoms with van der Waals surface area (Å²) in [6.45, 7) is 1.28. The maximum Gasteiger partial charge on any atom is 0.404 e. The number of hydrogen-bond acceptors (Lipinski definition) is 6. The summed E-state index contributed by atoms with van der Waals surface area (Å²) in [5.74, 6) is 1.47. The second-order valence-corrected chi connectivity index (χ2v) is 5.34. The number of rotatable bonds is 4. The van der Waals surface area contributed by atoms with E-state index in [2.05, 4.69) is 20.6 Å². The standard InChI is InChI=1S/C15H18N6O2/c16-14-19-12(17-10-4-2-1-3-5-10)8-13(20-14)21-7-6-11(9-21)18-15(22)23/h1-5,8,11,18H,6-7,9H2,(H,22,23)(H3,16,17,19,20). The summed E-state index contributed by atoms with van der Waals surface area (Å²) in [6, 6.07) is 11.4. The van der Waals surface area contributed by atoms with Crippen molar-refractivity contribution < 1.29 is 9.90 Å². The summed E-state index contributed by atoms with van der Waals surface area (Å²) >= 11 is 0. The Bertz CT molecular complexity index is 694. The number of carboxylic acid groups (broad SMARTS) is 1. The second kappa shape index (κ2) is 6.39. The van der Waals surface area contributed by atoms with Gasteiger partial charge in [-0.3, -0.25) is 0 Å². The number of amides is 1. The van der Waals surface area contributed by atoms with E-state index in [4.69, 9.17) is 10.8 Å². The molecule has 8 heteroatoms. The van der Waals surface area contributed by atoms with E-state index < -0.39 is 6.09 Å². The number of hydrogen-bond donors (Lipinski definition) is 4. The minimum absolute atomic E-state index is 0.103. The molecule has 1 fully saturated rings. The molecule has 1 unspecified atom stereocenters. The quantitative estimate of drug-likeness (QED) is 0.678. The number of nitrogens with one attached hydrogen (secondary N) is 2. The Kier molecular flexibility index (Phi) is 4.13. The zero-order chi connectivity index (χ0) is 16.2. The van der Waals surface area contributed by atoms with Gasteiger partial charge < -0.3 is 26.4 Å². The molecule has 2 aromatic rings. The molecule has 0 radical (unpaired) electrons. The average molecular weight is 314 g/mol. The van der Waals surface area contributed by atoms with Crippen LogP contribution in [0.25, 0.3) is 0 Å². The van der Waals surface area contributed by atoms with Crippen molar-refractivity contribution in [2.75, 3.05) is 29.0 Å². The van der Waals surface area contributed by atoms with Gasteiger partial charge in [0.25, 0.3) is 0 Å². The number of nitrogen functional groups attached to an aromatic ring is 1. The van der Waals surface area contributed by atoms with Crippen molar-refractivity contribution >= 4 is 29.4 Å². The minimum Gasteiger partial charge on any atom is -0.465 e. The summed E-state index contributed by atoms with van der Waals surface area (Å²) in [4.78, 5) is 21.2. The van der Waals surface area contributed by atoms with E-state index in [1.165, 1.54) is 0 Å². The molecule has 0 spiro atoms. The van der Waals surface area contributed by atoms with Crippen LogP contribution >= 0.6 is 0 Å². The second-order valence-electron chi connectivity index (χ2n) is 5.34. The van der Waals surface area contributed by atoms with E-state index in [0.29, 0.717) is 24.7 Å². The number of anilines is 4. The summed E-state index contributed by atoms with van der Waals surface area (Å²) < 4.78 is 0. The molecule has 8 nitrogen and oxygen atoms in total. The molecule has 1 aliphatic rings. The van der Waals surface area contributed by atoms with Gasteiger partial charge in [0.05, 0.1) is 6.04 Å². The lowest BCUT2D eigenvalue weighted by Crippen LogP contribution is -2.36. The molecule has 1 aromatic carbocycles. The van der Waals surface area contributed by atoms with Crippen LogP contribution in [0.15, 0.2) is 36.4 Å². The lowest BCUT2D eigenvalue weighted by atomic mass is 10.3. The highest BCUT2D eigenvalue weighted by atomic mass is 16.4. The van der Waals surface area contributed by atoms with Crippen LogP contribution in [0.3, 0.4) is 0 Å². The fourth-order valence-electron chi connectivity index (χ4n) is 2.61. The SMILES string of the molecule is Nc1nc(Nc2ccccc2)cc(N2CCC(NC(=O)O)C2)n1. The Morgan fingerprint density at radius 1 is 1.30 bits per heavy atom. The zero-order valence-corrected chi connectivity index (χ0v) is 12.4. The largest absolute Gasteiger partial charge is 0.465 e. The monoisotopic (exact) mass is 314 g/mol. The van der Waals surface area contributed by atoms with E-state index in [1.807, 2.05) is 41.3 Å². The molecule has 1 aromatic heterocycles. The predicted molar refractivity (Wildman–Crippen MR) is 87.9 cm³/mol. The fraction of sp³-hybridized carbons (Fsp3) is 0.267. The first-order valence-corrected chi connectivity index (χ1v) is 7.31. The molecule has 0 bridgehead atoms. The summed E-state index contributed by atoms with van der Waals surface area (Å²) in [7, 11) is 0. The molecule has 1 saturated heterocycles. The third-order valence-corrected chi connectivity index (χ3v) is 3.62. The van der Waals surface area contributed by atoms with E-state index >= 15 is 0 Å². The van der Waals surface area contributed by atoms with Crippen molar-refractivity contribution in [3.63, 3.8) is 0 Å². The van der Waals surface area contributed by atoms with Crippen molar-refractivity contribution in [3.8, 4) is 0 Å². The molecular formula is C15H18N6O2. The third-order valence-electron chi connectivity index (χ3n) is 3.62. The van der Waals surface area contributed by atoms with Crippen LogP contribution in [-0.2, 0) is 0 Å². The zero-order valence-electron chi connectivity index (χ0n) is 12.4. The Morgan fingerprint density at radius 3 is 2.83 bits per heavy atom. The molecule has 2 heterocycles. The smallest absolute Gasteiger partial charge is 0.404 e. The van der Waals surface area contributed by atoms with Crippen LogP contribution in [0.4, 0.5) is 28.1 Å². The van der Waals surface area contributed by atoms with Gasteiger partial charge in [0.1, 0.15) is 11.6 Å². The van der Waals surface area contributed by atoms with Gasteiger partial charge in [-0.15, -0.1) is 0 Å². The van der Waals surface area contributed by atoms with Crippen LogP contribution in [-0.4, -0.2) is 40.3 Å². The van der Waals surface area contributed by atoms with Gasteiger partial charge in [-0.25, -0.2) is 4.79 Å². The first kappa shape index (κ1) is 14.9. The summed E-state index contributed by atoms with van der Waals surface area (Å²) in [5, 5.41) is 14.5. The van der Waals surface area contributed by atoms with E-state index in [1.54, 1.807) is 0 Å². The minimum atomic E-state index is -1.01. The number of nitrogens with zero attached hydrogens (tertiary/aromatic N) is 3. The number of carbonyl (C=O) groups is 1. The maximum absolute atomic E-state index is 10.7. The van der Waals surface area contributed by atoms with Crippen LogP contribution in [0.2, 0.25) is 0 Å². The van der Waals surface area contributed by atoms with Crippen molar-refractivity contribution in [3.05, 3.63) is 36.4 Å². The lowest BCUT2D eigenvalue weighted by molar-refractivity contribution is 0.191. The first-order valence-electron chi connectivity index (χ1n) is 7.31. The molecule has 1 amide bonds. The molecular weight excluding hydrogens is 296 g/mol. The predicted octanol–water partition coefficient (Wildman–Crippen LogP) is 1.65. The molecule has 3 rings (SSSR count). The van der Waals surface area contributed by atoms with Gasteiger partial charge in [-0.1, -0.05) is 18.2 Å². The van der Waals surface area contributed by atoms with E-state index in [0.717, 1.165) is 12.1 Å². The van der Waals surface area contributed by atoms with Gasteiger partial charge in [0.15, 0.2) is 0 Å². The number of benzene rings is 1. The highest BCUT2D eigenvalue weighted by Gasteiger charge is 2.25. The Morgan fingerprint density at radius 2 is 2.09 bits per heavy atom. The number of para-hydroxylation sites is 1. The van der Waals surface area contributed by atoms with Crippen LogP contribution in [0, 0.1) is 0 Å². The van der Waals surface area contributed by atoms with Gasteiger partial charge in [-0.2, -0.15) is 9.97 Å². The van der Waals surface area contributed by atoms with Crippen LogP contribution in [0.1, 0.15) is 6.42 Å². The van der Waals surface area contributed by atoms with E-state index in [-0.39, 0.29) is 12.0 Å². The Balaban J connectivity index is 1.74. The van der Waals surface area contributed by atoms with Crippen LogP contribution in [0.5, 0.6) is 0 Å². The van der Waals surface area contributed by atoms with Crippen molar-refractivity contribution in [1.82, 2.24) is 15.3 Å². The van der Waals surface area contributed by atoms with Crippen molar-refractivity contribution in [2.24, 2.45) is 0 Å². The summed E-state index contributed by atoms with van der Waals surface area (Å²) in [5.41, 5.74) is 6.70. The molecule has 120 valence electrons. The molecule has 0 aliphatic carbocycles. The average Bonchev–Trinajstić information content (AvgIpc) is 2.95. The topological polar surface area (TPSA) is 116 Å². The Hall–Kier alpha value is -3.03. The fourth-order valence-corrected chi connectivity index (χ4v) is 2.61. The molecule has 1 atom stereocenters. The molecule has 5 N–H and O–H groups in total. The van der Waals surface area contributed by atoms with Gasteiger partial charge >= 0.3 is 6.09 Å². The van der Waals surface area contributed by atoms with Gasteiger partial charge in [0.2, 0.25) is 5.95 Å². The molecule has 23 heavy (non-hydrogen) atoms. The maximum atomic E-state index is 10.7. The number of aromatic nitrogens is 2. The van der Waals surface area contributed by atoms with Gasteiger partial charge in [0, 0.05) is 24.8 Å². The molecule has 0 saturated carbocycles. The van der Waals surface area contributed by atoms with Crippen molar-refractivity contribution in [2.45, 2.75) is 12.5 Å². The van der Waals surface area contributed by atoms with Gasteiger partial charge in [-0.05, 0) is 18.6 Å². The third kappa shape index (κ3) is 3.79. The highest BCUT2D eigenvalue weighted by molar-refractivity contribution is 5.65. The summed E-state index contributed by atoms with van der Waals surface area (Å²) in [6.07, 6.45) is -0.275. The highest BCUT2D eigenvalue weighted by Crippen LogP contribution is 2.23. The Labute approximate surface area is 133 Å². The first-order chi connectivity index (χ1) is 11.1. The molecule has 1 aliphatic heterocycles. The number of nitrogens with two attached hydrogens (primary N) is 1. The van der Waals surface area contributed by atoms with Crippen LogP contribution < -0.4 is 21.3 Å².